The molecule has 0 atom stereocenters. The summed E-state index contributed by atoms with van der Waals surface area (Å²) in [5.74, 6) is 0. The Morgan fingerprint density at radius 3 is 2.53 bits per heavy atom. The van der Waals surface area contributed by atoms with E-state index in [1.165, 1.54) is 0 Å². The van der Waals surface area contributed by atoms with Crippen LogP contribution in [0.15, 0.2) is 42.7 Å². The largest absolute Gasteiger partial charge is 0.385 e. The van der Waals surface area contributed by atoms with Gasteiger partial charge in [0, 0.05) is 12.2 Å². The van der Waals surface area contributed by atoms with Crippen molar-refractivity contribution in [1.82, 2.24) is 15.0 Å². The summed E-state index contributed by atoms with van der Waals surface area (Å²) < 4.78 is 0. The van der Waals surface area contributed by atoms with E-state index in [9.17, 15) is 0 Å². The first-order chi connectivity index (χ1) is 7.45. The standard InChI is InChI=1S/C11H14N4/c1-2-5-11(6-3-1)12-7-4-10-15-13-8-9-14-15/h1-3,5-6,8-9,12H,4,7,10H2. The lowest BCUT2D eigenvalue weighted by molar-refractivity contribution is 0.521. The highest BCUT2D eigenvalue weighted by molar-refractivity contribution is 5.42. The van der Waals surface area contributed by atoms with Crippen LogP contribution in [0.1, 0.15) is 6.42 Å². The molecule has 15 heavy (non-hydrogen) atoms. The molecule has 0 amide bonds. The molecule has 2 aromatic rings. The molecule has 0 aliphatic carbocycles. The normalized spacial score (nSPS) is 10.1. The summed E-state index contributed by atoms with van der Waals surface area (Å²) in [5, 5.41) is 11.4. The van der Waals surface area contributed by atoms with Gasteiger partial charge in [-0.2, -0.15) is 15.0 Å². The van der Waals surface area contributed by atoms with Crippen LogP contribution < -0.4 is 5.32 Å². The highest BCUT2D eigenvalue weighted by atomic mass is 15.5. The number of benzene rings is 1. The second-order valence-electron chi connectivity index (χ2n) is 3.27. The second kappa shape index (κ2) is 5.14. The molecule has 78 valence electrons. The van der Waals surface area contributed by atoms with Crippen molar-refractivity contribution in [2.45, 2.75) is 13.0 Å². The summed E-state index contributed by atoms with van der Waals surface area (Å²) in [7, 11) is 0. The maximum atomic E-state index is 4.04. The Morgan fingerprint density at radius 2 is 1.80 bits per heavy atom. The van der Waals surface area contributed by atoms with E-state index in [0.29, 0.717) is 0 Å². The van der Waals surface area contributed by atoms with Crippen LogP contribution >= 0.6 is 0 Å². The molecule has 4 heteroatoms. The summed E-state index contributed by atoms with van der Waals surface area (Å²) >= 11 is 0. The Balaban J connectivity index is 1.68. The van der Waals surface area contributed by atoms with E-state index in [1.54, 1.807) is 17.2 Å². The maximum Gasteiger partial charge on any atom is 0.0693 e. The van der Waals surface area contributed by atoms with Gasteiger partial charge in [-0.1, -0.05) is 18.2 Å². The molecule has 1 aromatic heterocycles. The lowest BCUT2D eigenvalue weighted by Gasteiger charge is -2.05. The average Bonchev–Trinajstić information content (AvgIpc) is 2.79. The van der Waals surface area contributed by atoms with E-state index in [4.69, 9.17) is 0 Å². The predicted molar refractivity (Wildman–Crippen MR) is 59.6 cm³/mol. The Labute approximate surface area is 88.9 Å². The zero-order valence-corrected chi connectivity index (χ0v) is 8.50. The van der Waals surface area contributed by atoms with Gasteiger partial charge < -0.3 is 5.32 Å². The fraction of sp³-hybridized carbons (Fsp3) is 0.273. The van der Waals surface area contributed by atoms with Gasteiger partial charge in [-0.15, -0.1) is 0 Å². The van der Waals surface area contributed by atoms with Gasteiger partial charge >= 0.3 is 0 Å². The predicted octanol–water partition coefficient (Wildman–Crippen LogP) is 1.78. The van der Waals surface area contributed by atoms with Gasteiger partial charge in [0.1, 0.15) is 0 Å². The molecule has 0 aliphatic heterocycles. The summed E-state index contributed by atoms with van der Waals surface area (Å²) in [6, 6.07) is 10.2. The molecule has 0 fully saturated rings. The molecule has 1 aromatic carbocycles. The third kappa shape index (κ3) is 3.09. The Morgan fingerprint density at radius 1 is 1.07 bits per heavy atom. The number of hydrogen-bond donors (Lipinski definition) is 1. The van der Waals surface area contributed by atoms with Crippen LogP contribution in [0.4, 0.5) is 5.69 Å². The molecule has 2 rings (SSSR count). The fourth-order valence-electron chi connectivity index (χ4n) is 1.37. The van der Waals surface area contributed by atoms with E-state index in [2.05, 4.69) is 27.6 Å². The SMILES string of the molecule is c1ccc(NCCCn2nccn2)cc1. The number of aryl methyl sites for hydroxylation is 1. The monoisotopic (exact) mass is 202 g/mol. The summed E-state index contributed by atoms with van der Waals surface area (Å²) in [6.07, 6.45) is 4.42. The average molecular weight is 202 g/mol. The molecule has 0 saturated carbocycles. The molecular formula is C11H14N4. The van der Waals surface area contributed by atoms with Gasteiger partial charge in [0.15, 0.2) is 0 Å². The number of para-hydroxylation sites is 1. The molecule has 0 unspecified atom stereocenters. The van der Waals surface area contributed by atoms with E-state index in [0.717, 1.165) is 25.2 Å². The smallest absolute Gasteiger partial charge is 0.0693 e. The van der Waals surface area contributed by atoms with Crippen molar-refractivity contribution in [3.8, 4) is 0 Å². The van der Waals surface area contributed by atoms with E-state index >= 15 is 0 Å². The first-order valence-electron chi connectivity index (χ1n) is 5.08. The van der Waals surface area contributed by atoms with Crippen molar-refractivity contribution < 1.29 is 0 Å². The zero-order chi connectivity index (χ0) is 10.3. The van der Waals surface area contributed by atoms with Crippen molar-refractivity contribution in [3.63, 3.8) is 0 Å². The number of nitrogens with one attached hydrogen (secondary N) is 1. The topological polar surface area (TPSA) is 42.7 Å². The van der Waals surface area contributed by atoms with Crippen molar-refractivity contribution >= 4 is 5.69 Å². The number of nitrogens with zero attached hydrogens (tertiary/aromatic N) is 3. The van der Waals surface area contributed by atoms with Gasteiger partial charge in [-0.05, 0) is 18.6 Å². The van der Waals surface area contributed by atoms with Gasteiger partial charge in [0.25, 0.3) is 0 Å². The van der Waals surface area contributed by atoms with Crippen molar-refractivity contribution in [3.05, 3.63) is 42.7 Å². The molecule has 4 nitrogen and oxygen atoms in total. The molecule has 0 bridgehead atoms. The Bertz CT molecular complexity index is 369. The van der Waals surface area contributed by atoms with Crippen LogP contribution in [-0.4, -0.2) is 21.5 Å². The second-order valence-corrected chi connectivity index (χ2v) is 3.27. The van der Waals surface area contributed by atoms with Crippen LogP contribution in [0.5, 0.6) is 0 Å². The van der Waals surface area contributed by atoms with Gasteiger partial charge in [-0.25, -0.2) is 0 Å². The molecule has 0 saturated heterocycles. The number of rotatable bonds is 5. The highest BCUT2D eigenvalue weighted by Crippen LogP contribution is 2.04. The molecule has 0 radical (unpaired) electrons. The number of hydrogen-bond acceptors (Lipinski definition) is 3. The molecular weight excluding hydrogens is 188 g/mol. The van der Waals surface area contributed by atoms with Crippen LogP contribution in [0.2, 0.25) is 0 Å². The van der Waals surface area contributed by atoms with E-state index < -0.39 is 0 Å². The van der Waals surface area contributed by atoms with E-state index in [1.807, 2.05) is 18.2 Å². The van der Waals surface area contributed by atoms with E-state index in [-0.39, 0.29) is 0 Å². The van der Waals surface area contributed by atoms with Crippen LogP contribution in [-0.2, 0) is 6.54 Å². The number of aromatic nitrogens is 3. The van der Waals surface area contributed by atoms with Crippen LogP contribution in [0, 0.1) is 0 Å². The van der Waals surface area contributed by atoms with Crippen LogP contribution in [0.3, 0.4) is 0 Å². The number of anilines is 1. The Kier molecular flexibility index (Phi) is 3.33. The van der Waals surface area contributed by atoms with Gasteiger partial charge in [0.05, 0.1) is 18.9 Å². The summed E-state index contributed by atoms with van der Waals surface area (Å²) in [5.41, 5.74) is 1.16. The summed E-state index contributed by atoms with van der Waals surface area (Å²) in [4.78, 5) is 1.70. The minimum Gasteiger partial charge on any atom is -0.385 e. The van der Waals surface area contributed by atoms with Gasteiger partial charge in [-0.3, -0.25) is 0 Å². The lowest BCUT2D eigenvalue weighted by atomic mass is 10.3. The first kappa shape index (κ1) is 9.71. The lowest BCUT2D eigenvalue weighted by Crippen LogP contribution is -2.08. The zero-order valence-electron chi connectivity index (χ0n) is 8.50. The van der Waals surface area contributed by atoms with Gasteiger partial charge in [0.2, 0.25) is 0 Å². The summed E-state index contributed by atoms with van der Waals surface area (Å²) in [6.45, 7) is 1.79. The van der Waals surface area contributed by atoms with Crippen molar-refractivity contribution in [2.75, 3.05) is 11.9 Å². The van der Waals surface area contributed by atoms with Crippen molar-refractivity contribution in [2.24, 2.45) is 0 Å². The van der Waals surface area contributed by atoms with Crippen molar-refractivity contribution in [1.29, 1.82) is 0 Å². The fourth-order valence-corrected chi connectivity index (χ4v) is 1.37. The minimum atomic E-state index is 0.854. The maximum absolute atomic E-state index is 4.04. The molecule has 1 N–H and O–H groups in total. The Hall–Kier alpha value is -1.84. The third-order valence-electron chi connectivity index (χ3n) is 2.10. The minimum absolute atomic E-state index is 0.854. The first-order valence-corrected chi connectivity index (χ1v) is 5.08. The molecule has 0 spiro atoms. The molecule has 1 heterocycles. The highest BCUT2D eigenvalue weighted by Gasteiger charge is 1.92. The third-order valence-corrected chi connectivity index (χ3v) is 2.10. The van der Waals surface area contributed by atoms with Crippen LogP contribution in [0.25, 0.3) is 0 Å². The quantitative estimate of drug-likeness (QED) is 0.751. The molecule has 0 aliphatic rings.